The number of carboxylic acids is 1. The molecule has 0 spiro atoms. The van der Waals surface area contributed by atoms with E-state index in [1.807, 2.05) is 0 Å². The van der Waals surface area contributed by atoms with Gasteiger partial charge < -0.3 is 14.6 Å². The van der Waals surface area contributed by atoms with Crippen molar-refractivity contribution in [3.8, 4) is 0 Å². The van der Waals surface area contributed by atoms with Gasteiger partial charge in [0.25, 0.3) is 0 Å². The lowest BCUT2D eigenvalue weighted by atomic mass is 10.5. The number of hydrogen-bond acceptors (Lipinski definition) is 4. The van der Waals surface area contributed by atoms with Crippen molar-refractivity contribution in [1.29, 1.82) is 0 Å². The van der Waals surface area contributed by atoms with E-state index in [1.54, 1.807) is 6.92 Å². The molecule has 0 aliphatic carbocycles. The van der Waals surface area contributed by atoms with Gasteiger partial charge in [-0.1, -0.05) is 0 Å². The molecule has 0 fully saturated rings. The maximum absolute atomic E-state index is 10.1. The minimum Gasteiger partial charge on any atom is -0.480 e. The second-order valence-corrected chi connectivity index (χ2v) is 2.10. The lowest BCUT2D eigenvalue weighted by Crippen LogP contribution is -2.47. The SMILES string of the molecule is COC(C)(NCC(=O)O)OC. The van der Waals surface area contributed by atoms with E-state index in [9.17, 15) is 4.79 Å². The summed E-state index contributed by atoms with van der Waals surface area (Å²) < 4.78 is 9.68. The fourth-order valence-electron chi connectivity index (χ4n) is 0.464. The maximum atomic E-state index is 10.1. The van der Waals surface area contributed by atoms with Crippen molar-refractivity contribution < 1.29 is 19.4 Å². The van der Waals surface area contributed by atoms with Gasteiger partial charge >= 0.3 is 5.97 Å². The van der Waals surface area contributed by atoms with Crippen LogP contribution in [0.15, 0.2) is 0 Å². The molecule has 0 saturated heterocycles. The van der Waals surface area contributed by atoms with Crippen molar-refractivity contribution in [1.82, 2.24) is 5.32 Å². The highest BCUT2D eigenvalue weighted by Gasteiger charge is 2.22. The molecule has 0 rings (SSSR count). The first-order valence-electron chi connectivity index (χ1n) is 3.11. The van der Waals surface area contributed by atoms with Crippen molar-refractivity contribution in [2.45, 2.75) is 12.8 Å². The minimum atomic E-state index is -1.02. The molecule has 0 heterocycles. The molecule has 2 N–H and O–H groups in total. The molecule has 0 aliphatic heterocycles. The third-order valence-electron chi connectivity index (χ3n) is 1.34. The lowest BCUT2D eigenvalue weighted by Gasteiger charge is -2.26. The summed E-state index contributed by atoms with van der Waals surface area (Å²) in [5, 5.41) is 10.8. The molecular formula is C6H13NO4. The molecule has 11 heavy (non-hydrogen) atoms. The van der Waals surface area contributed by atoms with Gasteiger partial charge in [0, 0.05) is 21.1 Å². The molecule has 0 aromatic rings. The predicted octanol–water partition coefficient (Wildman–Crippen LogP) is -0.373. The summed E-state index contributed by atoms with van der Waals surface area (Å²) in [4.78, 5) is 10.1. The van der Waals surface area contributed by atoms with E-state index in [4.69, 9.17) is 14.6 Å². The number of nitrogens with one attached hydrogen (secondary N) is 1. The molecule has 0 bridgehead atoms. The summed E-state index contributed by atoms with van der Waals surface area (Å²) in [6.07, 6.45) is 0. The van der Waals surface area contributed by atoms with Gasteiger partial charge in [-0.05, 0) is 0 Å². The molecule has 0 aliphatic rings. The predicted molar refractivity (Wildman–Crippen MR) is 38.1 cm³/mol. The van der Waals surface area contributed by atoms with Crippen LogP contribution < -0.4 is 5.32 Å². The van der Waals surface area contributed by atoms with E-state index in [2.05, 4.69) is 5.32 Å². The van der Waals surface area contributed by atoms with Gasteiger partial charge in [0.05, 0.1) is 6.54 Å². The number of hydrogen-bond donors (Lipinski definition) is 2. The van der Waals surface area contributed by atoms with Crippen molar-refractivity contribution in [2.24, 2.45) is 0 Å². The molecule has 5 heteroatoms. The zero-order valence-electron chi connectivity index (χ0n) is 6.88. The van der Waals surface area contributed by atoms with Crippen LogP contribution in [0.5, 0.6) is 0 Å². The summed E-state index contributed by atoms with van der Waals surface area (Å²) in [5.41, 5.74) is 0. The molecule has 0 unspecified atom stereocenters. The molecule has 5 nitrogen and oxygen atoms in total. The normalized spacial score (nSPS) is 11.5. The Kier molecular flexibility index (Phi) is 4.02. The Morgan fingerprint density at radius 3 is 2.27 bits per heavy atom. The van der Waals surface area contributed by atoms with E-state index < -0.39 is 11.9 Å². The third-order valence-corrected chi connectivity index (χ3v) is 1.34. The topological polar surface area (TPSA) is 67.8 Å². The zero-order chi connectivity index (χ0) is 8.91. The summed E-state index contributed by atoms with van der Waals surface area (Å²) in [5.74, 6) is -1.97. The van der Waals surface area contributed by atoms with Crippen LogP contribution in [0, 0.1) is 0 Å². The molecule has 66 valence electrons. The Bertz CT molecular complexity index is 133. The molecule has 0 aromatic heterocycles. The number of carboxylic acid groups (broad SMARTS) is 1. The monoisotopic (exact) mass is 163 g/mol. The van der Waals surface area contributed by atoms with E-state index in [1.165, 1.54) is 14.2 Å². The van der Waals surface area contributed by atoms with Crippen LogP contribution in [0.25, 0.3) is 0 Å². The Balaban J connectivity index is 3.78. The third kappa shape index (κ3) is 3.92. The van der Waals surface area contributed by atoms with Crippen LogP contribution in [0.2, 0.25) is 0 Å². The van der Waals surface area contributed by atoms with E-state index in [-0.39, 0.29) is 6.54 Å². The maximum Gasteiger partial charge on any atom is 0.317 e. The van der Waals surface area contributed by atoms with Crippen molar-refractivity contribution in [3.05, 3.63) is 0 Å². The quantitative estimate of drug-likeness (QED) is 0.541. The number of rotatable bonds is 5. The first-order chi connectivity index (χ1) is 5.04. The van der Waals surface area contributed by atoms with Gasteiger partial charge in [0.2, 0.25) is 5.91 Å². The number of ether oxygens (including phenoxy) is 2. The summed E-state index contributed by atoms with van der Waals surface area (Å²) in [7, 11) is 2.86. The van der Waals surface area contributed by atoms with Crippen LogP contribution in [-0.4, -0.2) is 37.8 Å². The van der Waals surface area contributed by atoms with Gasteiger partial charge in [-0.15, -0.1) is 0 Å². The van der Waals surface area contributed by atoms with Gasteiger partial charge in [0.1, 0.15) is 0 Å². The highest BCUT2D eigenvalue weighted by Crippen LogP contribution is 2.03. The Morgan fingerprint density at radius 2 is 2.00 bits per heavy atom. The number of carbonyl (C=O) groups is 1. The second-order valence-electron chi connectivity index (χ2n) is 2.10. The Labute approximate surface area is 65.3 Å². The van der Waals surface area contributed by atoms with Crippen molar-refractivity contribution in [3.63, 3.8) is 0 Å². The van der Waals surface area contributed by atoms with E-state index >= 15 is 0 Å². The minimum absolute atomic E-state index is 0.196. The average Bonchev–Trinajstić information content (AvgIpc) is 2.00. The van der Waals surface area contributed by atoms with Crippen molar-refractivity contribution >= 4 is 5.97 Å². The lowest BCUT2D eigenvalue weighted by molar-refractivity contribution is -0.215. The Hall–Kier alpha value is -0.650. The highest BCUT2D eigenvalue weighted by atomic mass is 16.7. The van der Waals surface area contributed by atoms with Gasteiger partial charge in [-0.2, -0.15) is 0 Å². The van der Waals surface area contributed by atoms with E-state index in [0.717, 1.165) is 0 Å². The number of methoxy groups -OCH3 is 2. The summed E-state index contributed by atoms with van der Waals surface area (Å²) in [6, 6.07) is 0. The standard InChI is InChI=1S/C6H13NO4/c1-6(10-2,11-3)7-4-5(8)9/h7H,4H2,1-3H3,(H,8,9). The Morgan fingerprint density at radius 1 is 1.55 bits per heavy atom. The first kappa shape index (κ1) is 10.3. The van der Waals surface area contributed by atoms with Crippen molar-refractivity contribution in [2.75, 3.05) is 20.8 Å². The van der Waals surface area contributed by atoms with Crippen LogP contribution in [0.4, 0.5) is 0 Å². The van der Waals surface area contributed by atoms with Crippen LogP contribution >= 0.6 is 0 Å². The van der Waals surface area contributed by atoms with Crippen LogP contribution in [0.3, 0.4) is 0 Å². The zero-order valence-corrected chi connectivity index (χ0v) is 6.88. The van der Waals surface area contributed by atoms with Gasteiger partial charge in [0.15, 0.2) is 0 Å². The molecule has 0 saturated carbocycles. The summed E-state index contributed by atoms with van der Waals surface area (Å²) >= 11 is 0. The number of aliphatic carboxylic acids is 1. The largest absolute Gasteiger partial charge is 0.480 e. The van der Waals surface area contributed by atoms with Crippen LogP contribution in [0.1, 0.15) is 6.92 Å². The smallest absolute Gasteiger partial charge is 0.317 e. The molecule has 0 atom stereocenters. The fraction of sp³-hybridized carbons (Fsp3) is 0.833. The fourth-order valence-corrected chi connectivity index (χ4v) is 0.464. The molecule has 0 aromatic carbocycles. The molecule has 0 amide bonds. The van der Waals surface area contributed by atoms with E-state index in [0.29, 0.717) is 0 Å². The second kappa shape index (κ2) is 4.27. The first-order valence-corrected chi connectivity index (χ1v) is 3.11. The molecule has 0 radical (unpaired) electrons. The highest BCUT2D eigenvalue weighted by molar-refractivity contribution is 5.69. The average molecular weight is 163 g/mol. The van der Waals surface area contributed by atoms with Crippen LogP contribution in [-0.2, 0) is 14.3 Å². The van der Waals surface area contributed by atoms with Gasteiger partial charge in [-0.25, -0.2) is 0 Å². The molecular weight excluding hydrogens is 150 g/mol. The van der Waals surface area contributed by atoms with Gasteiger partial charge in [-0.3, -0.25) is 10.1 Å². The summed E-state index contributed by atoms with van der Waals surface area (Å²) in [6.45, 7) is 1.40.